The van der Waals surface area contributed by atoms with Crippen molar-refractivity contribution in [1.82, 2.24) is 4.90 Å². The lowest BCUT2D eigenvalue weighted by molar-refractivity contribution is -0.152. The van der Waals surface area contributed by atoms with E-state index in [4.69, 9.17) is 10.8 Å². The highest BCUT2D eigenvalue weighted by molar-refractivity contribution is 6.02. The largest absolute Gasteiger partial charge is 0.481 e. The molecule has 0 aromatic rings. The van der Waals surface area contributed by atoms with Crippen molar-refractivity contribution in [3.05, 3.63) is 0 Å². The number of ether oxygens (including phenoxy) is 1. The van der Waals surface area contributed by atoms with Crippen molar-refractivity contribution >= 4 is 17.8 Å². The van der Waals surface area contributed by atoms with Gasteiger partial charge in [-0.2, -0.15) is 0 Å². The third-order valence-corrected chi connectivity index (χ3v) is 2.43. The summed E-state index contributed by atoms with van der Waals surface area (Å²) < 4.78 is 4.69. The predicted molar refractivity (Wildman–Crippen MR) is 68.3 cm³/mol. The van der Waals surface area contributed by atoms with Crippen molar-refractivity contribution in [1.29, 1.82) is 0 Å². The van der Waals surface area contributed by atoms with Crippen molar-refractivity contribution in [2.75, 3.05) is 13.2 Å². The molecule has 0 aromatic carbocycles. The minimum atomic E-state index is -1.42. The number of carboxylic acids is 1. The molecule has 0 saturated heterocycles. The highest BCUT2D eigenvalue weighted by Crippen LogP contribution is 2.15. The summed E-state index contributed by atoms with van der Waals surface area (Å²) in [6.07, 6.45) is -0.210. The Labute approximate surface area is 112 Å². The Balaban J connectivity index is 4.90. The topological polar surface area (TPSA) is 110 Å². The van der Waals surface area contributed by atoms with Crippen LogP contribution in [0.25, 0.3) is 0 Å². The molecule has 7 heteroatoms. The van der Waals surface area contributed by atoms with Crippen LogP contribution in [0.15, 0.2) is 0 Å². The average Bonchev–Trinajstić information content (AvgIpc) is 2.26. The number of carbonyl (C=O) groups excluding carboxylic acids is 2. The first-order valence-corrected chi connectivity index (χ1v) is 6.06. The minimum absolute atomic E-state index is 0.00916. The van der Waals surface area contributed by atoms with E-state index in [1.807, 2.05) is 0 Å². The van der Waals surface area contributed by atoms with E-state index in [1.165, 1.54) is 4.90 Å². The first kappa shape index (κ1) is 17.4. The first-order chi connectivity index (χ1) is 8.61. The van der Waals surface area contributed by atoms with Gasteiger partial charge >= 0.3 is 11.9 Å². The SMILES string of the molecule is CCOC(=O)C(N)C(=O)N(CCC(=O)O)C(C)(C)C. The number of hydrogen-bond donors (Lipinski definition) is 2. The van der Waals surface area contributed by atoms with Crippen LogP contribution >= 0.6 is 0 Å². The van der Waals surface area contributed by atoms with Gasteiger partial charge in [0.2, 0.25) is 0 Å². The molecular formula is C12H22N2O5. The van der Waals surface area contributed by atoms with Crippen molar-refractivity contribution in [3.8, 4) is 0 Å². The summed E-state index contributed by atoms with van der Waals surface area (Å²) in [5.74, 6) is -2.46. The number of esters is 1. The Morgan fingerprint density at radius 3 is 2.21 bits per heavy atom. The molecule has 0 rings (SSSR count). The standard InChI is InChI=1S/C12H22N2O5/c1-5-19-11(18)9(13)10(17)14(12(2,3)4)7-6-8(15)16/h9H,5-7,13H2,1-4H3,(H,15,16). The fourth-order valence-electron chi connectivity index (χ4n) is 1.48. The molecule has 1 amide bonds. The van der Waals surface area contributed by atoms with Crippen molar-refractivity contribution in [2.24, 2.45) is 5.73 Å². The Kier molecular flexibility index (Phi) is 6.47. The van der Waals surface area contributed by atoms with Crippen LogP contribution in [0.3, 0.4) is 0 Å². The summed E-state index contributed by atoms with van der Waals surface area (Å²) in [6.45, 7) is 6.95. The van der Waals surface area contributed by atoms with E-state index in [9.17, 15) is 14.4 Å². The van der Waals surface area contributed by atoms with Crippen LogP contribution < -0.4 is 5.73 Å². The van der Waals surface area contributed by atoms with Gasteiger partial charge in [-0.1, -0.05) is 0 Å². The summed E-state index contributed by atoms with van der Waals surface area (Å²) in [6, 6.07) is -1.42. The predicted octanol–water partition coefficient (Wildman–Crippen LogP) is -0.0214. The fourth-order valence-corrected chi connectivity index (χ4v) is 1.48. The molecule has 0 spiro atoms. The van der Waals surface area contributed by atoms with Gasteiger partial charge in [-0.3, -0.25) is 9.59 Å². The molecular weight excluding hydrogens is 252 g/mol. The van der Waals surface area contributed by atoms with E-state index < -0.39 is 29.4 Å². The van der Waals surface area contributed by atoms with Crippen LogP contribution in [0.2, 0.25) is 0 Å². The van der Waals surface area contributed by atoms with Gasteiger partial charge in [-0.25, -0.2) is 4.79 Å². The van der Waals surface area contributed by atoms with Gasteiger partial charge in [0.05, 0.1) is 13.0 Å². The molecule has 0 radical (unpaired) electrons. The molecule has 0 aliphatic carbocycles. The van der Waals surface area contributed by atoms with Gasteiger partial charge in [-0.15, -0.1) is 0 Å². The molecule has 0 fully saturated rings. The second-order valence-corrected chi connectivity index (χ2v) is 5.03. The van der Waals surface area contributed by atoms with Gasteiger partial charge in [-0.05, 0) is 27.7 Å². The molecule has 110 valence electrons. The van der Waals surface area contributed by atoms with Gasteiger partial charge < -0.3 is 20.5 Å². The molecule has 0 aromatic heterocycles. The zero-order chi connectivity index (χ0) is 15.2. The summed E-state index contributed by atoms with van der Waals surface area (Å²) in [4.78, 5) is 35.4. The van der Waals surface area contributed by atoms with E-state index in [-0.39, 0.29) is 19.6 Å². The van der Waals surface area contributed by atoms with E-state index in [0.717, 1.165) is 0 Å². The van der Waals surface area contributed by atoms with Gasteiger partial charge in [0.25, 0.3) is 5.91 Å². The lowest BCUT2D eigenvalue weighted by atomic mass is 10.0. The molecule has 19 heavy (non-hydrogen) atoms. The van der Waals surface area contributed by atoms with Crippen LogP contribution in [0.5, 0.6) is 0 Å². The number of nitrogens with two attached hydrogens (primary N) is 1. The number of nitrogens with zero attached hydrogens (tertiary/aromatic N) is 1. The summed E-state index contributed by atoms with van der Waals surface area (Å²) in [7, 11) is 0. The van der Waals surface area contributed by atoms with Crippen LogP contribution in [0.1, 0.15) is 34.1 Å². The number of amides is 1. The Hall–Kier alpha value is -1.63. The number of aliphatic carboxylic acids is 1. The molecule has 3 N–H and O–H groups in total. The maximum Gasteiger partial charge on any atom is 0.332 e. The fraction of sp³-hybridized carbons (Fsp3) is 0.750. The lowest BCUT2D eigenvalue weighted by Crippen LogP contribution is -2.55. The zero-order valence-corrected chi connectivity index (χ0v) is 11.8. The van der Waals surface area contributed by atoms with Gasteiger partial charge in [0.1, 0.15) is 0 Å². The zero-order valence-electron chi connectivity index (χ0n) is 11.8. The van der Waals surface area contributed by atoms with Crippen molar-refractivity contribution in [3.63, 3.8) is 0 Å². The monoisotopic (exact) mass is 274 g/mol. The Bertz CT molecular complexity index is 349. The normalized spacial score (nSPS) is 12.7. The van der Waals surface area contributed by atoms with Gasteiger partial charge in [0, 0.05) is 12.1 Å². The molecule has 1 unspecified atom stereocenters. The maximum atomic E-state index is 12.1. The van der Waals surface area contributed by atoms with Crippen molar-refractivity contribution in [2.45, 2.75) is 45.7 Å². The molecule has 0 aliphatic heterocycles. The summed E-state index contributed by atoms with van der Waals surface area (Å²) in [5.41, 5.74) is 4.91. The molecule has 0 saturated carbocycles. The summed E-state index contributed by atoms with van der Waals surface area (Å²) >= 11 is 0. The van der Waals surface area contributed by atoms with Crippen molar-refractivity contribution < 1.29 is 24.2 Å². The molecule has 1 atom stereocenters. The minimum Gasteiger partial charge on any atom is -0.481 e. The number of carbonyl (C=O) groups is 3. The highest BCUT2D eigenvalue weighted by Gasteiger charge is 2.34. The quantitative estimate of drug-likeness (QED) is 0.520. The molecule has 0 bridgehead atoms. The van der Waals surface area contributed by atoms with E-state index in [2.05, 4.69) is 4.74 Å². The molecule has 7 nitrogen and oxygen atoms in total. The van der Waals surface area contributed by atoms with E-state index in [0.29, 0.717) is 0 Å². The van der Waals surface area contributed by atoms with Crippen LogP contribution in [-0.4, -0.2) is 52.6 Å². The van der Waals surface area contributed by atoms with E-state index in [1.54, 1.807) is 27.7 Å². The van der Waals surface area contributed by atoms with Gasteiger partial charge in [0.15, 0.2) is 6.04 Å². The number of hydrogen-bond acceptors (Lipinski definition) is 5. The highest BCUT2D eigenvalue weighted by atomic mass is 16.5. The lowest BCUT2D eigenvalue weighted by Gasteiger charge is -2.36. The average molecular weight is 274 g/mol. The number of carboxylic acid groups (broad SMARTS) is 1. The van der Waals surface area contributed by atoms with E-state index >= 15 is 0 Å². The first-order valence-electron chi connectivity index (χ1n) is 6.06. The van der Waals surface area contributed by atoms with Crippen LogP contribution in [0, 0.1) is 0 Å². The van der Waals surface area contributed by atoms with Crippen LogP contribution in [0.4, 0.5) is 0 Å². The third kappa shape index (κ3) is 5.69. The summed E-state index contributed by atoms with van der Waals surface area (Å²) in [5, 5.41) is 8.68. The second-order valence-electron chi connectivity index (χ2n) is 5.03. The molecule has 0 aliphatic rings. The molecule has 0 heterocycles. The smallest absolute Gasteiger partial charge is 0.332 e. The maximum absolute atomic E-state index is 12.1. The van der Waals surface area contributed by atoms with Crippen LogP contribution in [-0.2, 0) is 19.1 Å². The Morgan fingerprint density at radius 2 is 1.84 bits per heavy atom. The Morgan fingerprint density at radius 1 is 1.32 bits per heavy atom. The number of rotatable bonds is 6. The second kappa shape index (κ2) is 7.08. The third-order valence-electron chi connectivity index (χ3n) is 2.43.